The van der Waals surface area contributed by atoms with Gasteiger partial charge in [-0.2, -0.15) is 18.3 Å². The second kappa shape index (κ2) is 7.16. The molecule has 3 aromatic rings. The van der Waals surface area contributed by atoms with E-state index in [0.29, 0.717) is 29.4 Å². The summed E-state index contributed by atoms with van der Waals surface area (Å²) in [5.41, 5.74) is 2.10. The number of aromatic nitrogens is 3. The largest absolute Gasteiger partial charge is 0.481 e. The van der Waals surface area contributed by atoms with E-state index in [2.05, 4.69) is 10.1 Å². The van der Waals surface area contributed by atoms with Crippen LogP contribution in [0, 0.1) is 6.92 Å². The van der Waals surface area contributed by atoms with E-state index in [1.165, 1.54) is 24.1 Å². The molecule has 2 aromatic heterocycles. The highest BCUT2D eigenvalue weighted by Gasteiger charge is 2.35. The molecular formula is C21H19F3N4O2. The van der Waals surface area contributed by atoms with Crippen LogP contribution in [0.25, 0.3) is 11.1 Å². The van der Waals surface area contributed by atoms with Crippen LogP contribution in [0.15, 0.2) is 42.6 Å². The van der Waals surface area contributed by atoms with Crippen LogP contribution in [0.4, 0.5) is 18.9 Å². The van der Waals surface area contributed by atoms with Gasteiger partial charge in [-0.1, -0.05) is 0 Å². The second-order valence-electron chi connectivity index (χ2n) is 7.20. The van der Waals surface area contributed by atoms with E-state index in [1.54, 1.807) is 16.9 Å². The Kier molecular flexibility index (Phi) is 4.76. The van der Waals surface area contributed by atoms with Crippen LogP contribution < -0.4 is 9.64 Å². The number of aryl methyl sites for hydroxylation is 1. The molecule has 0 saturated carbocycles. The summed E-state index contributed by atoms with van der Waals surface area (Å²) in [7, 11) is 1.51. The molecule has 0 unspecified atom stereocenters. The lowest BCUT2D eigenvalue weighted by Gasteiger charge is -2.32. The van der Waals surface area contributed by atoms with Gasteiger partial charge in [0.25, 0.3) is 5.91 Å². The minimum atomic E-state index is -4.43. The second-order valence-corrected chi connectivity index (χ2v) is 7.20. The maximum Gasteiger partial charge on any atom is 0.416 e. The van der Waals surface area contributed by atoms with Crippen LogP contribution in [-0.2, 0) is 6.18 Å². The molecule has 1 amide bonds. The lowest BCUT2D eigenvalue weighted by molar-refractivity contribution is -0.137. The molecule has 3 heterocycles. The smallest absolute Gasteiger partial charge is 0.416 e. The summed E-state index contributed by atoms with van der Waals surface area (Å²) in [6.07, 6.45) is -2.81. The topological polar surface area (TPSA) is 60.3 Å². The molecule has 0 spiro atoms. The van der Waals surface area contributed by atoms with Gasteiger partial charge in [-0.3, -0.25) is 9.48 Å². The van der Waals surface area contributed by atoms with Gasteiger partial charge in [0, 0.05) is 29.6 Å². The van der Waals surface area contributed by atoms with E-state index in [9.17, 15) is 18.0 Å². The number of halogens is 3. The van der Waals surface area contributed by atoms with Crippen molar-refractivity contribution in [1.82, 2.24) is 14.8 Å². The Morgan fingerprint density at radius 3 is 2.50 bits per heavy atom. The Hall–Kier alpha value is -3.36. The van der Waals surface area contributed by atoms with E-state index in [4.69, 9.17) is 4.74 Å². The van der Waals surface area contributed by atoms with Crippen molar-refractivity contribution in [2.45, 2.75) is 26.1 Å². The van der Waals surface area contributed by atoms with Gasteiger partial charge in [0.1, 0.15) is 5.69 Å². The zero-order chi connectivity index (χ0) is 21.6. The first-order valence-electron chi connectivity index (χ1n) is 9.28. The summed E-state index contributed by atoms with van der Waals surface area (Å²) in [5.74, 6) is 0.0923. The number of fused-ring (bicyclic) bond motifs is 1. The number of methoxy groups -OCH3 is 1. The molecule has 0 aliphatic carbocycles. The van der Waals surface area contributed by atoms with Crippen LogP contribution in [-0.4, -0.2) is 34.3 Å². The van der Waals surface area contributed by atoms with E-state index in [0.717, 1.165) is 23.4 Å². The number of anilines is 1. The third kappa shape index (κ3) is 3.40. The monoisotopic (exact) mass is 416 g/mol. The van der Waals surface area contributed by atoms with Gasteiger partial charge in [0.05, 0.1) is 24.9 Å². The van der Waals surface area contributed by atoms with Crippen LogP contribution in [0.1, 0.15) is 34.7 Å². The fourth-order valence-corrected chi connectivity index (χ4v) is 3.62. The Morgan fingerprint density at radius 2 is 1.87 bits per heavy atom. The number of carbonyl (C=O) groups is 1. The van der Waals surface area contributed by atoms with Gasteiger partial charge in [-0.05, 0) is 49.7 Å². The number of benzene rings is 1. The van der Waals surface area contributed by atoms with Crippen molar-refractivity contribution in [3.63, 3.8) is 0 Å². The number of hydrogen-bond donors (Lipinski definition) is 0. The standard InChI is InChI=1S/C21H19F3N4O2/c1-12-8-14(9-18(26-12)30-3)17-10-25-28-13(2)11-27(20(29)19(17)28)16-6-4-15(5-7-16)21(22,23)24/h4-10,13H,11H2,1-3H3/t13-/m0/s1. The third-order valence-electron chi connectivity index (χ3n) is 5.06. The van der Waals surface area contributed by atoms with Crippen molar-refractivity contribution in [2.75, 3.05) is 18.6 Å². The average molecular weight is 416 g/mol. The number of rotatable bonds is 3. The average Bonchev–Trinajstić information content (AvgIpc) is 3.16. The van der Waals surface area contributed by atoms with Crippen molar-refractivity contribution in [3.05, 3.63) is 59.5 Å². The molecule has 6 nitrogen and oxygen atoms in total. The summed E-state index contributed by atoms with van der Waals surface area (Å²) in [4.78, 5) is 19.1. The predicted octanol–water partition coefficient (Wildman–Crippen LogP) is 4.50. The fraction of sp³-hybridized carbons (Fsp3) is 0.286. The third-order valence-corrected chi connectivity index (χ3v) is 5.06. The zero-order valence-electron chi connectivity index (χ0n) is 16.6. The molecule has 30 heavy (non-hydrogen) atoms. The summed E-state index contributed by atoms with van der Waals surface area (Å²) < 4.78 is 45.5. The van der Waals surface area contributed by atoms with Crippen molar-refractivity contribution in [1.29, 1.82) is 0 Å². The molecule has 0 bridgehead atoms. The number of carbonyl (C=O) groups excluding carboxylic acids is 1. The molecule has 4 rings (SSSR count). The van der Waals surface area contributed by atoms with Gasteiger partial charge in [-0.25, -0.2) is 4.98 Å². The van der Waals surface area contributed by atoms with Crippen molar-refractivity contribution in [2.24, 2.45) is 0 Å². The molecular weight excluding hydrogens is 397 g/mol. The number of ether oxygens (including phenoxy) is 1. The maximum absolute atomic E-state index is 13.3. The SMILES string of the molecule is COc1cc(-c2cnn3c2C(=O)N(c2ccc(C(F)(F)F)cc2)C[C@@H]3C)cc(C)n1. The van der Waals surface area contributed by atoms with Crippen LogP contribution in [0.3, 0.4) is 0 Å². The lowest BCUT2D eigenvalue weighted by atomic mass is 10.0. The Balaban J connectivity index is 1.76. The summed E-state index contributed by atoms with van der Waals surface area (Å²) >= 11 is 0. The molecule has 0 saturated heterocycles. The van der Waals surface area contributed by atoms with Crippen LogP contribution in [0.2, 0.25) is 0 Å². The molecule has 156 valence electrons. The van der Waals surface area contributed by atoms with Crippen molar-refractivity contribution >= 4 is 11.6 Å². The normalized spacial score (nSPS) is 16.5. The Morgan fingerprint density at radius 1 is 1.17 bits per heavy atom. The van der Waals surface area contributed by atoms with E-state index in [1.807, 2.05) is 19.9 Å². The van der Waals surface area contributed by atoms with Gasteiger partial charge < -0.3 is 9.64 Å². The minimum absolute atomic E-state index is 0.154. The van der Waals surface area contributed by atoms with Crippen molar-refractivity contribution in [3.8, 4) is 17.0 Å². The molecule has 1 aromatic carbocycles. The van der Waals surface area contributed by atoms with E-state index in [-0.39, 0.29) is 11.9 Å². The highest BCUT2D eigenvalue weighted by molar-refractivity contribution is 6.09. The molecule has 1 aliphatic rings. The molecule has 0 fully saturated rings. The number of nitrogens with zero attached hydrogens (tertiary/aromatic N) is 4. The van der Waals surface area contributed by atoms with Gasteiger partial charge in [0.15, 0.2) is 0 Å². The molecule has 0 N–H and O–H groups in total. The highest BCUT2D eigenvalue weighted by atomic mass is 19.4. The number of alkyl halides is 3. The zero-order valence-corrected chi connectivity index (χ0v) is 16.6. The molecule has 0 radical (unpaired) electrons. The number of amides is 1. The summed E-state index contributed by atoms with van der Waals surface area (Å²) in [6.45, 7) is 4.03. The van der Waals surface area contributed by atoms with E-state index < -0.39 is 11.7 Å². The van der Waals surface area contributed by atoms with Crippen molar-refractivity contribution < 1.29 is 22.7 Å². The highest BCUT2D eigenvalue weighted by Crippen LogP contribution is 2.35. The maximum atomic E-state index is 13.3. The molecule has 1 aliphatic heterocycles. The molecule has 1 atom stereocenters. The molecule has 9 heteroatoms. The Bertz CT molecular complexity index is 1110. The first-order chi connectivity index (χ1) is 14.2. The first kappa shape index (κ1) is 19.9. The quantitative estimate of drug-likeness (QED) is 0.631. The van der Waals surface area contributed by atoms with Gasteiger partial charge in [-0.15, -0.1) is 0 Å². The number of hydrogen-bond acceptors (Lipinski definition) is 4. The van der Waals surface area contributed by atoms with Gasteiger partial charge in [0.2, 0.25) is 5.88 Å². The van der Waals surface area contributed by atoms with Crippen LogP contribution >= 0.6 is 0 Å². The Labute approximate surface area is 170 Å². The van der Waals surface area contributed by atoms with E-state index >= 15 is 0 Å². The lowest BCUT2D eigenvalue weighted by Crippen LogP contribution is -2.42. The summed E-state index contributed by atoms with van der Waals surface area (Å²) in [5, 5.41) is 4.38. The minimum Gasteiger partial charge on any atom is -0.481 e. The predicted molar refractivity (Wildman–Crippen MR) is 105 cm³/mol. The number of pyridine rings is 1. The first-order valence-corrected chi connectivity index (χ1v) is 9.28. The van der Waals surface area contributed by atoms with Crippen LogP contribution in [0.5, 0.6) is 5.88 Å². The fourth-order valence-electron chi connectivity index (χ4n) is 3.62. The summed E-state index contributed by atoms with van der Waals surface area (Å²) in [6, 6.07) is 8.00. The van der Waals surface area contributed by atoms with Gasteiger partial charge >= 0.3 is 6.18 Å².